The van der Waals surface area contributed by atoms with Crippen molar-refractivity contribution >= 4 is 41.7 Å². The molecular formula is C37H40N2O11S. The van der Waals surface area contributed by atoms with Gasteiger partial charge in [0, 0.05) is 35.1 Å². The maximum atomic E-state index is 13.2. The van der Waals surface area contributed by atoms with Crippen molar-refractivity contribution in [3.63, 3.8) is 0 Å². The SMILES string of the molecule is COC(=O)[C@H]1N=C(c2ccc(OC)cc2)O[C@@H]1c1cc(OCc2ccccc2)c(OC(C)=O)cc1SC[C@@H]1C[C@H](NC(=O)OC(C)(C)C)C(=O)O1. The van der Waals surface area contributed by atoms with Crippen LogP contribution >= 0.6 is 11.8 Å². The number of hydrogen-bond acceptors (Lipinski definition) is 13. The molecule has 0 bridgehead atoms. The zero-order valence-electron chi connectivity index (χ0n) is 29.1. The van der Waals surface area contributed by atoms with E-state index >= 15 is 0 Å². The Bertz CT molecular complexity index is 1770. The zero-order valence-corrected chi connectivity index (χ0v) is 29.9. The Morgan fingerprint density at radius 1 is 0.980 bits per heavy atom. The molecule has 1 amide bonds. The Labute approximate surface area is 299 Å². The van der Waals surface area contributed by atoms with E-state index in [1.807, 2.05) is 30.3 Å². The van der Waals surface area contributed by atoms with Gasteiger partial charge in [0.25, 0.3) is 0 Å². The van der Waals surface area contributed by atoms with E-state index in [1.54, 1.807) is 64.3 Å². The van der Waals surface area contributed by atoms with E-state index in [9.17, 15) is 19.2 Å². The highest BCUT2D eigenvalue weighted by Gasteiger charge is 2.42. The molecule has 1 fully saturated rings. The molecule has 2 aliphatic rings. The standard InChI is InChI=1S/C37H40N2O11S/c1-21(40)47-29-18-30(51-20-25-16-27(34(41)48-25)38-36(43)50-37(2,3)4)26(17-28(29)46-19-22-10-8-7-9-11-22)32-31(35(42)45-6)39-33(49-32)23-12-14-24(44-5)15-13-23/h7-15,17-18,25,27,31-32H,16,19-20H2,1-6H3,(H,38,43)/t25-,27-,31-,32+/m0/s1. The van der Waals surface area contributed by atoms with Crippen LogP contribution in [0.5, 0.6) is 17.2 Å². The van der Waals surface area contributed by atoms with Crippen LogP contribution < -0.4 is 19.5 Å². The summed E-state index contributed by atoms with van der Waals surface area (Å²) in [6.07, 6.45) is -2.09. The topological polar surface area (TPSA) is 157 Å². The van der Waals surface area contributed by atoms with E-state index in [0.29, 0.717) is 21.8 Å². The van der Waals surface area contributed by atoms with E-state index in [4.69, 9.17) is 33.2 Å². The summed E-state index contributed by atoms with van der Waals surface area (Å²) in [5.41, 5.74) is 1.24. The van der Waals surface area contributed by atoms with E-state index < -0.39 is 53.9 Å². The minimum Gasteiger partial charge on any atom is -0.497 e. The molecule has 0 saturated carbocycles. The third-order valence-electron chi connectivity index (χ3n) is 7.62. The maximum absolute atomic E-state index is 13.2. The second kappa shape index (κ2) is 16.2. The van der Waals surface area contributed by atoms with Crippen LogP contribution in [-0.2, 0) is 39.9 Å². The van der Waals surface area contributed by atoms with Crippen molar-refractivity contribution in [1.82, 2.24) is 5.32 Å². The number of alkyl carbamates (subject to hydrolysis) is 1. The summed E-state index contributed by atoms with van der Waals surface area (Å²) < 4.78 is 39.5. The van der Waals surface area contributed by atoms with Gasteiger partial charge in [-0.3, -0.25) is 4.79 Å². The molecule has 0 spiro atoms. The molecule has 14 heteroatoms. The lowest BCUT2D eigenvalue weighted by Gasteiger charge is -2.22. The lowest BCUT2D eigenvalue weighted by molar-refractivity contribution is -0.144. The Balaban J connectivity index is 1.47. The molecule has 3 aromatic carbocycles. The average molecular weight is 721 g/mol. The first kappa shape index (κ1) is 37.0. The van der Waals surface area contributed by atoms with Crippen LogP contribution in [0.1, 0.15) is 56.9 Å². The molecule has 270 valence electrons. The molecule has 0 aromatic heterocycles. The number of hydrogen-bond donors (Lipinski definition) is 1. The fraction of sp³-hybridized carbons (Fsp3) is 0.378. The Kier molecular flexibility index (Phi) is 11.8. The van der Waals surface area contributed by atoms with Gasteiger partial charge < -0.3 is 38.5 Å². The Morgan fingerprint density at radius 3 is 2.35 bits per heavy atom. The van der Waals surface area contributed by atoms with E-state index in [1.165, 1.54) is 25.8 Å². The minimum atomic E-state index is -1.10. The normalized spacial score (nSPS) is 19.6. The Morgan fingerprint density at radius 2 is 1.71 bits per heavy atom. The van der Waals surface area contributed by atoms with Gasteiger partial charge in [-0.25, -0.2) is 19.4 Å². The van der Waals surface area contributed by atoms with Crippen molar-refractivity contribution in [3.8, 4) is 17.2 Å². The van der Waals surface area contributed by atoms with Gasteiger partial charge >= 0.3 is 24.0 Å². The third-order valence-corrected chi connectivity index (χ3v) is 8.82. The van der Waals surface area contributed by atoms with Gasteiger partial charge in [0.1, 0.15) is 30.1 Å². The van der Waals surface area contributed by atoms with E-state index in [0.717, 1.165) is 5.56 Å². The van der Waals surface area contributed by atoms with Gasteiger partial charge in [-0.15, -0.1) is 11.8 Å². The number of aliphatic imine (C=N–C) groups is 1. The van der Waals surface area contributed by atoms with Crippen LogP contribution in [0.3, 0.4) is 0 Å². The number of benzene rings is 3. The summed E-state index contributed by atoms with van der Waals surface area (Å²) in [6.45, 7) is 6.61. The number of ether oxygens (including phenoxy) is 7. The first-order valence-corrected chi connectivity index (χ1v) is 17.1. The van der Waals surface area contributed by atoms with Gasteiger partial charge in [0.15, 0.2) is 23.6 Å². The van der Waals surface area contributed by atoms with E-state index in [2.05, 4.69) is 10.3 Å². The van der Waals surface area contributed by atoms with Crippen molar-refractivity contribution in [2.45, 2.75) is 75.5 Å². The minimum absolute atomic E-state index is 0.140. The molecule has 0 aliphatic carbocycles. The maximum Gasteiger partial charge on any atom is 0.408 e. The number of rotatable bonds is 12. The summed E-state index contributed by atoms with van der Waals surface area (Å²) in [5, 5.41) is 2.57. The van der Waals surface area contributed by atoms with Crippen molar-refractivity contribution < 1.29 is 52.3 Å². The number of esters is 3. The van der Waals surface area contributed by atoms with Crippen LogP contribution in [0.2, 0.25) is 0 Å². The van der Waals surface area contributed by atoms with Gasteiger partial charge in [-0.05, 0) is 62.7 Å². The number of amides is 1. The molecule has 0 radical (unpaired) electrons. The van der Waals surface area contributed by atoms with Crippen molar-refractivity contribution in [3.05, 3.63) is 83.4 Å². The largest absolute Gasteiger partial charge is 0.497 e. The molecular weight excluding hydrogens is 680 g/mol. The molecule has 0 unspecified atom stereocenters. The van der Waals surface area contributed by atoms with E-state index in [-0.39, 0.29) is 36.2 Å². The van der Waals surface area contributed by atoms with Gasteiger partial charge in [-0.2, -0.15) is 0 Å². The van der Waals surface area contributed by atoms with Gasteiger partial charge in [-0.1, -0.05) is 30.3 Å². The second-order valence-electron chi connectivity index (χ2n) is 12.7. The monoisotopic (exact) mass is 720 g/mol. The third kappa shape index (κ3) is 9.72. The molecule has 13 nitrogen and oxygen atoms in total. The number of nitrogens with one attached hydrogen (secondary N) is 1. The average Bonchev–Trinajstić information content (AvgIpc) is 3.69. The number of cyclic esters (lactones) is 1. The molecule has 51 heavy (non-hydrogen) atoms. The van der Waals surface area contributed by atoms with Gasteiger partial charge in [0.2, 0.25) is 5.90 Å². The second-order valence-corrected chi connectivity index (χ2v) is 13.7. The quantitative estimate of drug-likeness (QED) is 0.108. The highest BCUT2D eigenvalue weighted by molar-refractivity contribution is 7.99. The highest BCUT2D eigenvalue weighted by Crippen LogP contribution is 2.44. The molecule has 1 N–H and O–H groups in total. The number of carbonyl (C=O) groups is 4. The summed E-state index contributed by atoms with van der Waals surface area (Å²) >= 11 is 1.28. The molecule has 5 rings (SSSR count). The Hall–Kier alpha value is -5.24. The van der Waals surface area contributed by atoms with Gasteiger partial charge in [0.05, 0.1) is 14.2 Å². The lowest BCUT2D eigenvalue weighted by atomic mass is 10.0. The highest BCUT2D eigenvalue weighted by atomic mass is 32.2. The lowest BCUT2D eigenvalue weighted by Crippen LogP contribution is -2.41. The predicted octanol–water partition coefficient (Wildman–Crippen LogP) is 5.56. The molecule has 4 atom stereocenters. The van der Waals surface area contributed by atoms with Crippen molar-refractivity contribution in [1.29, 1.82) is 0 Å². The first-order chi connectivity index (χ1) is 24.3. The summed E-state index contributed by atoms with van der Waals surface area (Å²) in [4.78, 5) is 55.6. The fourth-order valence-electron chi connectivity index (χ4n) is 5.31. The predicted molar refractivity (Wildman–Crippen MR) is 186 cm³/mol. The van der Waals surface area contributed by atoms with Crippen LogP contribution in [0.15, 0.2) is 76.6 Å². The van der Waals surface area contributed by atoms with Crippen molar-refractivity contribution in [2.24, 2.45) is 4.99 Å². The molecule has 2 heterocycles. The first-order valence-electron chi connectivity index (χ1n) is 16.2. The molecule has 1 saturated heterocycles. The number of nitrogens with zero attached hydrogens (tertiary/aromatic N) is 1. The summed E-state index contributed by atoms with van der Waals surface area (Å²) in [7, 11) is 2.83. The molecule has 3 aromatic rings. The molecule has 2 aliphatic heterocycles. The van der Waals surface area contributed by atoms with Crippen LogP contribution in [0.4, 0.5) is 4.79 Å². The summed E-state index contributed by atoms with van der Waals surface area (Å²) in [5.74, 6) is -0.320. The number of methoxy groups -OCH3 is 2. The van der Waals surface area contributed by atoms with Crippen LogP contribution in [0.25, 0.3) is 0 Å². The fourth-order valence-corrected chi connectivity index (χ4v) is 6.41. The number of carbonyl (C=O) groups excluding carboxylic acids is 4. The summed E-state index contributed by atoms with van der Waals surface area (Å²) in [6, 6.07) is 17.8. The smallest absolute Gasteiger partial charge is 0.408 e. The van der Waals surface area contributed by atoms with Crippen molar-refractivity contribution in [2.75, 3.05) is 20.0 Å². The zero-order chi connectivity index (χ0) is 36.7. The van der Waals surface area contributed by atoms with Crippen LogP contribution in [-0.4, -0.2) is 73.7 Å². The van der Waals surface area contributed by atoms with Crippen LogP contribution in [0, 0.1) is 0 Å². The number of thioether (sulfide) groups is 1.